The van der Waals surface area contributed by atoms with Crippen LogP contribution in [0, 0.1) is 17.8 Å². The van der Waals surface area contributed by atoms with Crippen molar-refractivity contribution in [2.75, 3.05) is 10.6 Å². The van der Waals surface area contributed by atoms with Crippen LogP contribution in [-0.4, -0.2) is 32.5 Å². The molecule has 1 aliphatic rings. The van der Waals surface area contributed by atoms with E-state index in [1.165, 1.54) is 0 Å². The third-order valence-corrected chi connectivity index (χ3v) is 12.4. The Labute approximate surface area is 365 Å². The number of fused-ring (bicyclic) bond motifs is 3. The summed E-state index contributed by atoms with van der Waals surface area (Å²) in [5, 5.41) is 11.8. The lowest BCUT2D eigenvalue weighted by atomic mass is 9.72. The first-order valence-corrected chi connectivity index (χ1v) is 21.4. The molecule has 2 amide bonds. The van der Waals surface area contributed by atoms with Gasteiger partial charge in [-0.3, -0.25) is 29.3 Å². The Hall–Kier alpha value is -7.84. The number of hydrogen-bond donors (Lipinski definition) is 2. The first-order chi connectivity index (χ1) is 31.0. The lowest BCUT2D eigenvalue weighted by Crippen LogP contribution is -2.39. The first-order valence-electron chi connectivity index (χ1n) is 21.4. The zero-order valence-corrected chi connectivity index (χ0v) is 34.4. The van der Waals surface area contributed by atoms with Crippen LogP contribution in [0.25, 0.3) is 66.1 Å². The Bertz CT molecular complexity index is 2810. The van der Waals surface area contributed by atoms with Gasteiger partial charge in [0.2, 0.25) is 11.8 Å². The molecule has 3 aromatic heterocycles. The molecule has 1 saturated carbocycles. The number of rotatable bonds is 10. The first kappa shape index (κ1) is 39.3. The number of amides is 2. The fourth-order valence-corrected chi connectivity index (χ4v) is 9.27. The molecular formula is C55H43N5O3. The molecule has 2 atom stereocenters. The van der Waals surface area contributed by atoms with E-state index in [9.17, 15) is 14.4 Å². The van der Waals surface area contributed by atoms with Gasteiger partial charge in [-0.25, -0.2) is 0 Å². The van der Waals surface area contributed by atoms with Crippen molar-refractivity contribution in [1.82, 2.24) is 15.0 Å². The molecule has 10 rings (SSSR count). The minimum Gasteiger partial charge on any atom is -0.324 e. The summed E-state index contributed by atoms with van der Waals surface area (Å²) in [6.45, 7) is 0. The zero-order valence-electron chi connectivity index (χ0n) is 34.4. The molecule has 2 N–H and O–H groups in total. The number of aromatic nitrogens is 3. The van der Waals surface area contributed by atoms with Crippen molar-refractivity contribution in [1.29, 1.82) is 0 Å². The van der Waals surface area contributed by atoms with Gasteiger partial charge in [0.1, 0.15) is 5.78 Å². The van der Waals surface area contributed by atoms with E-state index in [4.69, 9.17) is 15.0 Å². The van der Waals surface area contributed by atoms with E-state index in [-0.39, 0.29) is 30.4 Å². The van der Waals surface area contributed by atoms with E-state index in [2.05, 4.69) is 10.6 Å². The van der Waals surface area contributed by atoms with Crippen molar-refractivity contribution in [3.05, 3.63) is 188 Å². The number of nitrogens with one attached hydrogen (secondary N) is 2. The summed E-state index contributed by atoms with van der Waals surface area (Å²) in [5.41, 5.74) is 7.42. The second-order valence-electron chi connectivity index (χ2n) is 16.3. The monoisotopic (exact) mass is 821 g/mol. The van der Waals surface area contributed by atoms with Gasteiger partial charge in [0.05, 0.1) is 40.9 Å². The van der Waals surface area contributed by atoms with Gasteiger partial charge in [-0.1, -0.05) is 164 Å². The lowest BCUT2D eigenvalue weighted by Gasteiger charge is -2.33. The van der Waals surface area contributed by atoms with Crippen molar-refractivity contribution >= 4 is 61.3 Å². The lowest BCUT2D eigenvalue weighted by molar-refractivity contribution is -0.130. The molecule has 1 aliphatic carbocycles. The molecule has 0 radical (unpaired) electrons. The molecular weight excluding hydrogens is 779 g/mol. The molecule has 306 valence electrons. The van der Waals surface area contributed by atoms with Crippen LogP contribution in [0.5, 0.6) is 0 Å². The number of carbonyl (C=O) groups is 3. The Morgan fingerprint density at radius 2 is 0.730 bits per heavy atom. The van der Waals surface area contributed by atoms with Crippen LogP contribution in [0.2, 0.25) is 0 Å². The number of benzene rings is 6. The summed E-state index contributed by atoms with van der Waals surface area (Å²) in [4.78, 5) is 58.1. The molecule has 9 aromatic rings. The normalized spacial score (nSPS) is 16.2. The largest absolute Gasteiger partial charge is 0.324 e. The Morgan fingerprint density at radius 1 is 0.397 bits per heavy atom. The Balaban J connectivity index is 0.961. The van der Waals surface area contributed by atoms with Crippen LogP contribution in [-0.2, 0) is 20.8 Å². The second kappa shape index (κ2) is 17.3. The van der Waals surface area contributed by atoms with Gasteiger partial charge < -0.3 is 10.6 Å². The maximum absolute atomic E-state index is 14.6. The third kappa shape index (κ3) is 7.95. The molecule has 0 aliphatic heterocycles. The number of pyridine rings is 3. The molecule has 1 fully saturated rings. The van der Waals surface area contributed by atoms with Gasteiger partial charge in [0, 0.05) is 74.0 Å². The number of anilines is 2. The van der Waals surface area contributed by atoms with Crippen molar-refractivity contribution in [3.8, 4) is 33.8 Å². The van der Waals surface area contributed by atoms with Crippen LogP contribution < -0.4 is 10.6 Å². The molecule has 8 heteroatoms. The maximum Gasteiger partial charge on any atom is 0.227 e. The summed E-state index contributed by atoms with van der Waals surface area (Å²) in [6, 6.07) is 53.8. The zero-order chi connectivity index (χ0) is 42.7. The molecule has 8 nitrogen and oxygen atoms in total. The molecule has 0 bridgehead atoms. The van der Waals surface area contributed by atoms with Gasteiger partial charge in [0.15, 0.2) is 0 Å². The molecule has 2 unspecified atom stereocenters. The van der Waals surface area contributed by atoms with Gasteiger partial charge in [-0.05, 0) is 30.2 Å². The summed E-state index contributed by atoms with van der Waals surface area (Å²) in [6.07, 6.45) is 6.23. The number of carbonyl (C=O) groups excluding carboxylic acids is 3. The van der Waals surface area contributed by atoms with Crippen molar-refractivity contribution in [2.45, 2.75) is 25.7 Å². The standard InChI is InChI=1S/C55H43N5O3/c61-50(31-41-32-56-51(35-16-4-1-5-17-35)45-25-13-10-22-42(41)45)38-28-39(54(62)59-48-33-57-52(36-18-6-2-7-19-36)46-26-14-11-23-43(46)48)30-40(29-38)55(63)60-49-34-58-53(37-20-8-3-9-21-37)47-27-15-12-24-44(47)49/h1-27,32-34,38-40H,28-31H2,(H,59,62)(H,60,63). The second-order valence-corrected chi connectivity index (χ2v) is 16.3. The van der Waals surface area contributed by atoms with Gasteiger partial charge >= 0.3 is 0 Å². The molecule has 63 heavy (non-hydrogen) atoms. The van der Waals surface area contributed by atoms with Crippen LogP contribution in [0.15, 0.2) is 182 Å². The molecule has 0 spiro atoms. The van der Waals surface area contributed by atoms with E-state index >= 15 is 0 Å². The van der Waals surface area contributed by atoms with Crippen LogP contribution in [0.1, 0.15) is 24.8 Å². The average molecular weight is 822 g/mol. The van der Waals surface area contributed by atoms with Crippen LogP contribution >= 0.6 is 0 Å². The van der Waals surface area contributed by atoms with Gasteiger partial charge in [-0.15, -0.1) is 0 Å². The highest BCUT2D eigenvalue weighted by Gasteiger charge is 2.39. The fourth-order valence-electron chi connectivity index (χ4n) is 9.27. The quantitative estimate of drug-likeness (QED) is 0.142. The topological polar surface area (TPSA) is 114 Å². The molecule has 6 aromatic carbocycles. The van der Waals surface area contributed by atoms with Crippen molar-refractivity contribution < 1.29 is 14.4 Å². The van der Waals surface area contributed by atoms with Gasteiger partial charge in [0.25, 0.3) is 0 Å². The molecule has 3 heterocycles. The number of nitrogens with zero attached hydrogens (tertiary/aromatic N) is 3. The smallest absolute Gasteiger partial charge is 0.227 e. The van der Waals surface area contributed by atoms with E-state index < -0.39 is 17.8 Å². The van der Waals surface area contributed by atoms with Gasteiger partial charge in [-0.2, -0.15) is 0 Å². The molecule has 0 saturated heterocycles. The number of Topliss-reactive ketones (excluding diaryl/α,β-unsaturated/α-hetero) is 1. The predicted molar refractivity (Wildman–Crippen MR) is 252 cm³/mol. The predicted octanol–water partition coefficient (Wildman–Crippen LogP) is 11.8. The summed E-state index contributed by atoms with van der Waals surface area (Å²) in [7, 11) is 0. The van der Waals surface area contributed by atoms with Crippen molar-refractivity contribution in [2.24, 2.45) is 17.8 Å². The van der Waals surface area contributed by atoms with Crippen molar-refractivity contribution in [3.63, 3.8) is 0 Å². The minimum absolute atomic E-state index is 0.0247. The number of hydrogen-bond acceptors (Lipinski definition) is 6. The number of ketones is 1. The highest BCUT2D eigenvalue weighted by Crippen LogP contribution is 2.39. The summed E-state index contributed by atoms with van der Waals surface area (Å²) in [5.74, 6) is -2.32. The average Bonchev–Trinajstić information content (AvgIpc) is 3.35. The van der Waals surface area contributed by atoms with E-state index in [0.29, 0.717) is 24.2 Å². The summed E-state index contributed by atoms with van der Waals surface area (Å²) >= 11 is 0. The van der Waals surface area contributed by atoms with E-state index in [0.717, 1.165) is 71.7 Å². The fraction of sp³-hybridized carbons (Fsp3) is 0.127. The highest BCUT2D eigenvalue weighted by molar-refractivity contribution is 6.09. The third-order valence-electron chi connectivity index (χ3n) is 12.4. The van der Waals surface area contributed by atoms with E-state index in [1.807, 2.05) is 164 Å². The Kier molecular flexibility index (Phi) is 10.8. The van der Waals surface area contributed by atoms with Crippen LogP contribution in [0.3, 0.4) is 0 Å². The minimum atomic E-state index is -0.623. The maximum atomic E-state index is 14.6. The highest BCUT2D eigenvalue weighted by atomic mass is 16.2. The SMILES string of the molecule is O=C(Cc1cnc(-c2ccccc2)c2ccccc12)C1CC(C(=O)Nc2cnc(-c3ccccc3)c3ccccc23)CC(C(=O)Nc2cnc(-c3ccccc3)c3ccccc23)C1. The van der Waals surface area contributed by atoms with Crippen LogP contribution in [0.4, 0.5) is 11.4 Å². The summed E-state index contributed by atoms with van der Waals surface area (Å²) < 4.78 is 0. The Morgan fingerprint density at radius 3 is 1.16 bits per heavy atom. The van der Waals surface area contributed by atoms with E-state index in [1.54, 1.807) is 18.6 Å².